The lowest BCUT2D eigenvalue weighted by Gasteiger charge is -2.11. The standard InChI is InChI=1S/C16H15ClO2/c1-2-9-19-16-6-4-3-5-14(16)12-7-8-15(17)13(10-12)11-18/h3-8,10-11H,2,9H2,1H3. The average molecular weight is 275 g/mol. The van der Waals surface area contributed by atoms with Crippen LogP contribution < -0.4 is 4.74 Å². The number of carbonyl (C=O) groups excluding carboxylic acids is 1. The van der Waals surface area contributed by atoms with Gasteiger partial charge < -0.3 is 4.74 Å². The van der Waals surface area contributed by atoms with E-state index in [1.54, 1.807) is 12.1 Å². The van der Waals surface area contributed by atoms with Crippen molar-refractivity contribution < 1.29 is 9.53 Å². The monoisotopic (exact) mass is 274 g/mol. The molecular formula is C16H15ClO2. The molecule has 2 aromatic rings. The Bertz CT molecular complexity index is 579. The third kappa shape index (κ3) is 3.15. The van der Waals surface area contributed by atoms with Gasteiger partial charge in [-0.05, 0) is 30.2 Å². The van der Waals surface area contributed by atoms with Gasteiger partial charge in [-0.2, -0.15) is 0 Å². The lowest BCUT2D eigenvalue weighted by atomic mass is 10.0. The Hall–Kier alpha value is -1.80. The Morgan fingerprint density at radius 2 is 2.00 bits per heavy atom. The molecule has 2 rings (SSSR count). The molecule has 0 aromatic heterocycles. The molecule has 0 saturated carbocycles. The Balaban J connectivity index is 2.43. The molecule has 0 amide bonds. The van der Waals surface area contributed by atoms with Crippen molar-refractivity contribution in [3.8, 4) is 16.9 Å². The van der Waals surface area contributed by atoms with E-state index in [1.165, 1.54) is 0 Å². The third-order valence-corrected chi connectivity index (χ3v) is 3.13. The van der Waals surface area contributed by atoms with Crippen LogP contribution in [-0.4, -0.2) is 12.9 Å². The number of benzene rings is 2. The number of aldehydes is 1. The van der Waals surface area contributed by atoms with Gasteiger partial charge in [0.2, 0.25) is 0 Å². The van der Waals surface area contributed by atoms with E-state index in [-0.39, 0.29) is 0 Å². The van der Waals surface area contributed by atoms with Crippen LogP contribution in [0.2, 0.25) is 5.02 Å². The van der Waals surface area contributed by atoms with Crippen LogP contribution in [0.4, 0.5) is 0 Å². The average Bonchev–Trinajstić information content (AvgIpc) is 2.46. The first kappa shape index (κ1) is 13.6. The van der Waals surface area contributed by atoms with E-state index >= 15 is 0 Å². The molecule has 0 heterocycles. The maximum atomic E-state index is 11.0. The first-order chi connectivity index (χ1) is 9.26. The highest BCUT2D eigenvalue weighted by Gasteiger charge is 2.08. The predicted octanol–water partition coefficient (Wildman–Crippen LogP) is 4.61. The minimum absolute atomic E-state index is 0.464. The maximum absolute atomic E-state index is 11.0. The van der Waals surface area contributed by atoms with Crippen molar-refractivity contribution in [2.24, 2.45) is 0 Å². The van der Waals surface area contributed by atoms with Crippen molar-refractivity contribution in [2.75, 3.05) is 6.61 Å². The van der Waals surface area contributed by atoms with E-state index in [9.17, 15) is 4.79 Å². The molecule has 98 valence electrons. The van der Waals surface area contributed by atoms with Crippen molar-refractivity contribution in [1.29, 1.82) is 0 Å². The molecule has 0 N–H and O–H groups in total. The Morgan fingerprint density at radius 3 is 2.74 bits per heavy atom. The Kier molecular flexibility index (Phi) is 4.58. The molecule has 2 nitrogen and oxygen atoms in total. The molecule has 0 atom stereocenters. The third-order valence-electron chi connectivity index (χ3n) is 2.78. The fourth-order valence-electron chi connectivity index (χ4n) is 1.84. The van der Waals surface area contributed by atoms with Crippen LogP contribution in [0, 0.1) is 0 Å². The smallest absolute Gasteiger partial charge is 0.151 e. The van der Waals surface area contributed by atoms with Crippen molar-refractivity contribution in [1.82, 2.24) is 0 Å². The summed E-state index contributed by atoms with van der Waals surface area (Å²) in [5, 5.41) is 0.464. The molecule has 0 aliphatic rings. The molecule has 0 bridgehead atoms. The highest BCUT2D eigenvalue weighted by molar-refractivity contribution is 6.33. The molecule has 19 heavy (non-hydrogen) atoms. The minimum atomic E-state index is 0.464. The number of ether oxygens (including phenoxy) is 1. The number of rotatable bonds is 5. The largest absolute Gasteiger partial charge is 0.493 e. The van der Waals surface area contributed by atoms with Gasteiger partial charge in [-0.15, -0.1) is 0 Å². The van der Waals surface area contributed by atoms with Crippen LogP contribution in [-0.2, 0) is 0 Å². The quantitative estimate of drug-likeness (QED) is 0.744. The van der Waals surface area contributed by atoms with Crippen LogP contribution in [0.5, 0.6) is 5.75 Å². The SMILES string of the molecule is CCCOc1ccccc1-c1ccc(Cl)c(C=O)c1. The van der Waals surface area contributed by atoms with Crippen LogP contribution in [0.1, 0.15) is 23.7 Å². The van der Waals surface area contributed by atoms with Crippen molar-refractivity contribution in [3.63, 3.8) is 0 Å². The van der Waals surface area contributed by atoms with E-state index in [1.807, 2.05) is 30.3 Å². The van der Waals surface area contributed by atoms with Crippen LogP contribution in [0.3, 0.4) is 0 Å². The van der Waals surface area contributed by atoms with Gasteiger partial charge in [0, 0.05) is 11.1 Å². The van der Waals surface area contributed by atoms with Gasteiger partial charge in [0.15, 0.2) is 6.29 Å². The zero-order valence-corrected chi connectivity index (χ0v) is 11.5. The summed E-state index contributed by atoms with van der Waals surface area (Å²) >= 11 is 5.94. The van der Waals surface area contributed by atoms with Gasteiger partial charge in [-0.1, -0.05) is 42.8 Å². The molecule has 0 saturated heterocycles. The molecule has 0 radical (unpaired) electrons. The zero-order chi connectivity index (χ0) is 13.7. The lowest BCUT2D eigenvalue weighted by molar-refractivity contribution is 0.112. The second-order valence-corrected chi connectivity index (χ2v) is 4.61. The summed E-state index contributed by atoms with van der Waals surface area (Å²) < 4.78 is 5.72. The molecule has 2 aromatic carbocycles. The highest BCUT2D eigenvalue weighted by Crippen LogP contribution is 2.31. The Labute approximate surface area is 118 Å². The summed E-state index contributed by atoms with van der Waals surface area (Å²) in [7, 11) is 0. The van der Waals surface area contributed by atoms with E-state index < -0.39 is 0 Å². The zero-order valence-electron chi connectivity index (χ0n) is 10.7. The highest BCUT2D eigenvalue weighted by atomic mass is 35.5. The number of halogens is 1. The summed E-state index contributed by atoms with van der Waals surface area (Å²) in [6, 6.07) is 13.2. The molecule has 0 spiro atoms. The number of para-hydroxylation sites is 1. The fraction of sp³-hybridized carbons (Fsp3) is 0.188. The normalized spacial score (nSPS) is 10.2. The summed E-state index contributed by atoms with van der Waals surface area (Å²) in [6.07, 6.45) is 1.72. The van der Waals surface area contributed by atoms with Gasteiger partial charge in [0.05, 0.1) is 11.6 Å². The molecule has 3 heteroatoms. The summed E-state index contributed by atoms with van der Waals surface area (Å²) in [4.78, 5) is 11.0. The lowest BCUT2D eigenvalue weighted by Crippen LogP contribution is -1.97. The summed E-state index contributed by atoms with van der Waals surface area (Å²) in [5.41, 5.74) is 2.39. The van der Waals surface area contributed by atoms with Gasteiger partial charge in [0.1, 0.15) is 5.75 Å². The van der Waals surface area contributed by atoms with Crippen molar-refractivity contribution >= 4 is 17.9 Å². The first-order valence-electron chi connectivity index (χ1n) is 6.23. The molecule has 0 aliphatic heterocycles. The van der Waals surface area contributed by atoms with Crippen molar-refractivity contribution in [2.45, 2.75) is 13.3 Å². The molecule has 0 fully saturated rings. The fourth-order valence-corrected chi connectivity index (χ4v) is 2.01. The topological polar surface area (TPSA) is 26.3 Å². The van der Waals surface area contributed by atoms with E-state index in [4.69, 9.17) is 16.3 Å². The summed E-state index contributed by atoms with van der Waals surface area (Å²) in [6.45, 7) is 2.74. The van der Waals surface area contributed by atoms with E-state index in [0.717, 1.165) is 29.6 Å². The predicted molar refractivity (Wildman–Crippen MR) is 78.1 cm³/mol. The van der Waals surface area contributed by atoms with E-state index in [2.05, 4.69) is 6.92 Å². The molecular weight excluding hydrogens is 260 g/mol. The van der Waals surface area contributed by atoms with E-state index in [0.29, 0.717) is 17.2 Å². The van der Waals surface area contributed by atoms with Gasteiger partial charge in [0.25, 0.3) is 0 Å². The summed E-state index contributed by atoms with van der Waals surface area (Å²) in [5.74, 6) is 0.823. The van der Waals surface area contributed by atoms with Crippen LogP contribution in [0.15, 0.2) is 42.5 Å². The van der Waals surface area contributed by atoms with Crippen LogP contribution in [0.25, 0.3) is 11.1 Å². The van der Waals surface area contributed by atoms with Gasteiger partial charge >= 0.3 is 0 Å². The number of hydrogen-bond donors (Lipinski definition) is 0. The minimum Gasteiger partial charge on any atom is -0.493 e. The van der Waals surface area contributed by atoms with Gasteiger partial charge in [-0.3, -0.25) is 4.79 Å². The second kappa shape index (κ2) is 6.39. The Morgan fingerprint density at radius 1 is 1.21 bits per heavy atom. The maximum Gasteiger partial charge on any atom is 0.151 e. The number of carbonyl (C=O) groups is 1. The molecule has 0 unspecified atom stereocenters. The number of hydrogen-bond acceptors (Lipinski definition) is 2. The molecule has 0 aliphatic carbocycles. The van der Waals surface area contributed by atoms with Gasteiger partial charge in [-0.25, -0.2) is 0 Å². The van der Waals surface area contributed by atoms with Crippen molar-refractivity contribution in [3.05, 3.63) is 53.1 Å². The second-order valence-electron chi connectivity index (χ2n) is 4.20. The van der Waals surface area contributed by atoms with Crippen LogP contribution >= 0.6 is 11.6 Å². The first-order valence-corrected chi connectivity index (χ1v) is 6.61.